The first kappa shape index (κ1) is 20.3. The molecule has 0 radical (unpaired) electrons. The summed E-state index contributed by atoms with van der Waals surface area (Å²) >= 11 is 6.17. The molecule has 11 nitrogen and oxygen atoms in total. The minimum absolute atomic E-state index is 0.0458. The second-order valence-corrected chi connectivity index (χ2v) is 8.93. The van der Waals surface area contributed by atoms with Gasteiger partial charge in [-0.2, -0.15) is 9.40 Å². The molecule has 0 aliphatic carbocycles. The molecule has 2 aromatic rings. The third-order valence-corrected chi connectivity index (χ3v) is 7.07. The van der Waals surface area contributed by atoms with E-state index in [0.717, 1.165) is 0 Å². The average Bonchev–Trinajstić information content (AvgIpc) is 2.73. The van der Waals surface area contributed by atoms with Gasteiger partial charge in [-0.15, -0.1) is 0 Å². The molecule has 3 heterocycles. The van der Waals surface area contributed by atoms with Gasteiger partial charge in [0.05, 0.1) is 10.7 Å². The summed E-state index contributed by atoms with van der Waals surface area (Å²) in [6.45, 7) is 0.195. The number of hydrogen-bond donors (Lipinski definition) is 2. The number of piperazine rings is 1. The van der Waals surface area contributed by atoms with Crippen LogP contribution >= 0.6 is 11.6 Å². The quantitative estimate of drug-likeness (QED) is 0.660. The van der Waals surface area contributed by atoms with Crippen LogP contribution in [0.4, 0.5) is 5.69 Å². The number of carbonyl (C=O) groups is 2. The summed E-state index contributed by atoms with van der Waals surface area (Å²) in [4.78, 5) is 36.3. The van der Waals surface area contributed by atoms with Gasteiger partial charge in [0.15, 0.2) is 6.61 Å². The van der Waals surface area contributed by atoms with Gasteiger partial charge in [-0.1, -0.05) is 11.6 Å². The van der Waals surface area contributed by atoms with E-state index in [4.69, 9.17) is 16.3 Å². The zero-order chi connectivity index (χ0) is 21.5. The first-order valence-corrected chi connectivity index (χ1v) is 10.7. The standard InChI is InChI=1S/C17H16ClN5O6S/c18-10-7-12-13(29-9-16(25)19-12)8-14(10)30(27,28)23-5-3-22(4-6-23)17(26)11-1-2-15(24)21-20-11/h1-2,7-8H,3-6,9H2,(H,19,25)(H,21,24). The van der Waals surface area contributed by atoms with Crippen LogP contribution in [-0.4, -0.2) is 72.4 Å². The van der Waals surface area contributed by atoms with Crippen molar-refractivity contribution >= 4 is 39.1 Å². The maximum absolute atomic E-state index is 13.1. The van der Waals surface area contributed by atoms with E-state index in [-0.39, 0.29) is 60.1 Å². The monoisotopic (exact) mass is 453 g/mol. The molecule has 4 rings (SSSR count). The highest BCUT2D eigenvalue weighted by molar-refractivity contribution is 7.89. The first-order chi connectivity index (χ1) is 14.3. The number of aromatic amines is 1. The van der Waals surface area contributed by atoms with Gasteiger partial charge in [0, 0.05) is 38.3 Å². The molecule has 1 fully saturated rings. The van der Waals surface area contributed by atoms with Crippen LogP contribution in [0.2, 0.25) is 5.02 Å². The Morgan fingerprint density at radius 2 is 1.87 bits per heavy atom. The van der Waals surface area contributed by atoms with E-state index in [1.807, 2.05) is 0 Å². The number of carbonyl (C=O) groups excluding carboxylic acids is 2. The molecule has 0 bridgehead atoms. The zero-order valence-electron chi connectivity index (χ0n) is 15.4. The Bertz CT molecular complexity index is 1170. The molecular formula is C17H16ClN5O6S. The van der Waals surface area contributed by atoms with Gasteiger partial charge in [0.1, 0.15) is 16.3 Å². The Balaban J connectivity index is 1.50. The largest absolute Gasteiger partial charge is 0.482 e. The molecule has 0 unspecified atom stereocenters. The van der Waals surface area contributed by atoms with Crippen LogP contribution in [-0.2, 0) is 14.8 Å². The number of aromatic nitrogens is 2. The molecular weight excluding hydrogens is 438 g/mol. The fourth-order valence-corrected chi connectivity index (χ4v) is 5.11. The van der Waals surface area contributed by atoms with Crippen LogP contribution in [0.1, 0.15) is 10.5 Å². The lowest BCUT2D eigenvalue weighted by molar-refractivity contribution is -0.118. The van der Waals surface area contributed by atoms with E-state index in [2.05, 4.69) is 15.5 Å². The van der Waals surface area contributed by atoms with Crippen molar-refractivity contribution in [1.82, 2.24) is 19.4 Å². The van der Waals surface area contributed by atoms with E-state index < -0.39 is 21.5 Å². The number of sulfonamides is 1. The van der Waals surface area contributed by atoms with Crippen LogP contribution < -0.4 is 15.6 Å². The van der Waals surface area contributed by atoms with Crippen molar-refractivity contribution in [3.63, 3.8) is 0 Å². The molecule has 2 N–H and O–H groups in total. The summed E-state index contributed by atoms with van der Waals surface area (Å²) in [5, 5.41) is 8.42. The number of nitrogens with one attached hydrogen (secondary N) is 2. The maximum atomic E-state index is 13.1. The lowest BCUT2D eigenvalue weighted by atomic mass is 10.2. The van der Waals surface area contributed by atoms with Gasteiger partial charge in [0.2, 0.25) is 10.0 Å². The normalized spacial score (nSPS) is 17.1. The highest BCUT2D eigenvalue weighted by atomic mass is 35.5. The second kappa shape index (κ2) is 7.70. The van der Waals surface area contributed by atoms with E-state index >= 15 is 0 Å². The van der Waals surface area contributed by atoms with Gasteiger partial charge < -0.3 is 15.0 Å². The highest BCUT2D eigenvalue weighted by Gasteiger charge is 2.33. The summed E-state index contributed by atoms with van der Waals surface area (Å²) in [6, 6.07) is 5.14. The Morgan fingerprint density at radius 1 is 1.13 bits per heavy atom. The number of amides is 2. The van der Waals surface area contributed by atoms with E-state index in [0.29, 0.717) is 5.69 Å². The van der Waals surface area contributed by atoms with E-state index in [1.54, 1.807) is 0 Å². The summed E-state index contributed by atoms with van der Waals surface area (Å²) < 4.78 is 32.7. The topological polar surface area (TPSA) is 142 Å². The number of ether oxygens (including phenoxy) is 1. The van der Waals surface area contributed by atoms with E-state index in [1.165, 1.54) is 33.5 Å². The number of nitrogens with zero attached hydrogens (tertiary/aromatic N) is 3. The molecule has 0 atom stereocenters. The molecule has 1 aromatic heterocycles. The molecule has 2 amide bonds. The van der Waals surface area contributed by atoms with Gasteiger partial charge in [-0.05, 0) is 12.1 Å². The van der Waals surface area contributed by atoms with Crippen molar-refractivity contribution in [2.75, 3.05) is 38.1 Å². The van der Waals surface area contributed by atoms with Crippen molar-refractivity contribution in [1.29, 1.82) is 0 Å². The Hall–Kier alpha value is -2.96. The molecule has 30 heavy (non-hydrogen) atoms. The Morgan fingerprint density at radius 3 is 2.53 bits per heavy atom. The number of H-pyrrole nitrogens is 1. The second-order valence-electron chi connectivity index (χ2n) is 6.62. The van der Waals surface area contributed by atoms with Gasteiger partial charge in [-0.3, -0.25) is 14.4 Å². The number of fused-ring (bicyclic) bond motifs is 1. The molecule has 0 saturated carbocycles. The molecule has 1 aromatic carbocycles. The molecule has 2 aliphatic rings. The van der Waals surface area contributed by atoms with Crippen molar-refractivity contribution in [3.05, 3.63) is 45.3 Å². The van der Waals surface area contributed by atoms with Crippen LogP contribution in [0, 0.1) is 0 Å². The highest BCUT2D eigenvalue weighted by Crippen LogP contribution is 2.37. The smallest absolute Gasteiger partial charge is 0.274 e. The third-order valence-electron chi connectivity index (χ3n) is 4.71. The van der Waals surface area contributed by atoms with Crippen molar-refractivity contribution in [2.45, 2.75) is 4.90 Å². The van der Waals surface area contributed by atoms with Crippen molar-refractivity contribution in [3.8, 4) is 5.75 Å². The van der Waals surface area contributed by atoms with Gasteiger partial charge in [0.25, 0.3) is 17.4 Å². The van der Waals surface area contributed by atoms with Gasteiger partial charge in [-0.25, -0.2) is 13.5 Å². The number of benzene rings is 1. The van der Waals surface area contributed by atoms with Crippen LogP contribution in [0.3, 0.4) is 0 Å². The Labute approximate surface area is 175 Å². The zero-order valence-corrected chi connectivity index (χ0v) is 17.0. The first-order valence-electron chi connectivity index (χ1n) is 8.87. The minimum atomic E-state index is -3.95. The predicted octanol–water partition coefficient (Wildman–Crippen LogP) is -0.0991. The maximum Gasteiger partial charge on any atom is 0.274 e. The molecule has 2 aliphatic heterocycles. The number of anilines is 1. The predicted molar refractivity (Wildman–Crippen MR) is 105 cm³/mol. The number of rotatable bonds is 3. The number of hydrogen-bond acceptors (Lipinski definition) is 7. The lowest BCUT2D eigenvalue weighted by Gasteiger charge is -2.34. The van der Waals surface area contributed by atoms with Gasteiger partial charge >= 0.3 is 0 Å². The van der Waals surface area contributed by atoms with Crippen molar-refractivity contribution < 1.29 is 22.7 Å². The molecule has 13 heteroatoms. The number of halogens is 1. The molecule has 0 spiro atoms. The third kappa shape index (κ3) is 3.76. The lowest BCUT2D eigenvalue weighted by Crippen LogP contribution is -2.50. The average molecular weight is 454 g/mol. The summed E-state index contributed by atoms with van der Waals surface area (Å²) in [5.41, 5.74) is -0.0465. The fourth-order valence-electron chi connectivity index (χ4n) is 3.18. The van der Waals surface area contributed by atoms with Crippen LogP contribution in [0.5, 0.6) is 5.75 Å². The summed E-state index contributed by atoms with van der Waals surface area (Å²) in [5.74, 6) is -0.540. The van der Waals surface area contributed by atoms with Crippen LogP contribution in [0.25, 0.3) is 0 Å². The van der Waals surface area contributed by atoms with Crippen LogP contribution in [0.15, 0.2) is 34.0 Å². The summed E-state index contributed by atoms with van der Waals surface area (Å²) in [6.07, 6.45) is 0. The van der Waals surface area contributed by atoms with Crippen molar-refractivity contribution in [2.24, 2.45) is 0 Å². The summed E-state index contributed by atoms with van der Waals surface area (Å²) in [7, 11) is -3.95. The van der Waals surface area contributed by atoms with E-state index in [9.17, 15) is 22.8 Å². The molecule has 1 saturated heterocycles. The molecule has 158 valence electrons. The fraction of sp³-hybridized carbons (Fsp3) is 0.294. The SMILES string of the molecule is O=C1COc2cc(S(=O)(=O)N3CCN(C(=O)c4ccc(=O)[nH]n4)CC3)c(Cl)cc2N1. The Kier molecular flexibility index (Phi) is 5.22. The minimum Gasteiger partial charge on any atom is -0.482 e.